The molecular weight excluding hydrogens is 98.1 g/mol. The fraction of sp³-hybridized carbons (Fsp3) is 1.00. The van der Waals surface area contributed by atoms with Crippen LogP contribution in [0.3, 0.4) is 0 Å². The van der Waals surface area contributed by atoms with E-state index in [1.54, 1.807) is 0 Å². The lowest BCUT2D eigenvalue weighted by atomic mass is 9.81. The van der Waals surface area contributed by atoms with Crippen molar-refractivity contribution in [1.82, 2.24) is 5.32 Å². The molecule has 1 N–H and O–H groups in total. The smallest absolute Gasteiger partial charge is 0.0193 e. The van der Waals surface area contributed by atoms with Crippen LogP contribution in [0, 0.1) is 5.92 Å². The summed E-state index contributed by atoms with van der Waals surface area (Å²) in [5.41, 5.74) is 0.583. The van der Waals surface area contributed by atoms with E-state index in [0.717, 1.165) is 5.92 Å². The lowest BCUT2D eigenvalue weighted by Gasteiger charge is -2.43. The molecule has 0 aromatic carbocycles. The zero-order valence-electron chi connectivity index (χ0n) is 5.41. The first-order valence-electron chi connectivity index (χ1n) is 3.56. The molecule has 1 nitrogen and oxygen atoms in total. The van der Waals surface area contributed by atoms with Gasteiger partial charge in [-0.1, -0.05) is 6.42 Å². The first kappa shape index (κ1) is 4.80. The number of hydrogen-bond acceptors (Lipinski definition) is 1. The van der Waals surface area contributed by atoms with Crippen LogP contribution in [0.2, 0.25) is 0 Å². The Balaban J connectivity index is 2.14. The summed E-state index contributed by atoms with van der Waals surface area (Å²) in [7, 11) is 0. The molecule has 0 bridgehead atoms. The van der Waals surface area contributed by atoms with Crippen LogP contribution in [0.4, 0.5) is 0 Å². The van der Waals surface area contributed by atoms with Crippen molar-refractivity contribution in [2.75, 3.05) is 6.54 Å². The van der Waals surface area contributed by atoms with E-state index in [-0.39, 0.29) is 0 Å². The highest BCUT2D eigenvalue weighted by Gasteiger charge is 2.45. The average molecular weight is 111 g/mol. The predicted molar refractivity (Wildman–Crippen MR) is 33.7 cm³/mol. The molecular formula is C7H13N. The van der Waals surface area contributed by atoms with E-state index < -0.39 is 0 Å². The van der Waals surface area contributed by atoms with Gasteiger partial charge in [-0.2, -0.15) is 0 Å². The van der Waals surface area contributed by atoms with Crippen LogP contribution < -0.4 is 5.32 Å². The molecule has 2 aliphatic rings. The van der Waals surface area contributed by atoms with Crippen molar-refractivity contribution in [3.63, 3.8) is 0 Å². The Morgan fingerprint density at radius 3 is 2.75 bits per heavy atom. The Labute approximate surface area is 50.5 Å². The largest absolute Gasteiger partial charge is 0.311 e. The quantitative estimate of drug-likeness (QED) is 0.494. The van der Waals surface area contributed by atoms with Crippen molar-refractivity contribution in [3.8, 4) is 0 Å². The van der Waals surface area contributed by atoms with Crippen molar-refractivity contribution < 1.29 is 0 Å². The van der Waals surface area contributed by atoms with E-state index in [4.69, 9.17) is 0 Å². The molecule has 0 amide bonds. The molecule has 8 heavy (non-hydrogen) atoms. The van der Waals surface area contributed by atoms with Crippen molar-refractivity contribution in [2.45, 2.75) is 31.7 Å². The Morgan fingerprint density at radius 2 is 2.50 bits per heavy atom. The van der Waals surface area contributed by atoms with E-state index in [0.29, 0.717) is 5.54 Å². The summed E-state index contributed by atoms with van der Waals surface area (Å²) < 4.78 is 0. The highest BCUT2D eigenvalue weighted by atomic mass is 15.1. The Hall–Kier alpha value is -0.0400. The summed E-state index contributed by atoms with van der Waals surface area (Å²) in [6.45, 7) is 3.64. The van der Waals surface area contributed by atoms with Crippen molar-refractivity contribution in [1.29, 1.82) is 0 Å². The van der Waals surface area contributed by atoms with Crippen molar-refractivity contribution in [2.24, 2.45) is 5.92 Å². The molecule has 1 saturated heterocycles. The predicted octanol–water partition coefficient (Wildman–Crippen LogP) is 1.15. The maximum Gasteiger partial charge on any atom is 0.0193 e. The van der Waals surface area contributed by atoms with Gasteiger partial charge in [-0.3, -0.25) is 0 Å². The summed E-state index contributed by atoms with van der Waals surface area (Å²) in [6, 6.07) is 0. The molecule has 46 valence electrons. The van der Waals surface area contributed by atoms with E-state index in [2.05, 4.69) is 12.2 Å². The monoisotopic (exact) mass is 111 g/mol. The first-order valence-corrected chi connectivity index (χ1v) is 3.56. The highest BCUT2D eigenvalue weighted by Crippen LogP contribution is 2.40. The third-order valence-corrected chi connectivity index (χ3v) is 2.90. The van der Waals surface area contributed by atoms with Crippen LogP contribution in [0.1, 0.15) is 26.2 Å². The number of fused-ring (bicyclic) bond motifs is 1. The summed E-state index contributed by atoms with van der Waals surface area (Å²) >= 11 is 0. The van der Waals surface area contributed by atoms with Gasteiger partial charge < -0.3 is 5.32 Å². The molecule has 1 heterocycles. The zero-order chi connectivity index (χ0) is 5.61. The second-order valence-corrected chi connectivity index (χ2v) is 3.39. The minimum Gasteiger partial charge on any atom is -0.311 e. The van der Waals surface area contributed by atoms with Crippen molar-refractivity contribution >= 4 is 0 Å². The lowest BCUT2D eigenvalue weighted by molar-refractivity contribution is 0.157. The van der Waals surface area contributed by atoms with Crippen LogP contribution in [-0.4, -0.2) is 12.1 Å². The zero-order valence-corrected chi connectivity index (χ0v) is 5.41. The SMILES string of the molecule is C[C@@]12CCC[C@@H]1CN2. The molecule has 0 spiro atoms. The van der Waals surface area contributed by atoms with Crippen LogP contribution in [0.15, 0.2) is 0 Å². The molecule has 2 atom stereocenters. The third kappa shape index (κ3) is 0.408. The van der Waals surface area contributed by atoms with Crippen LogP contribution in [-0.2, 0) is 0 Å². The first-order chi connectivity index (χ1) is 3.81. The molecule has 0 aromatic heterocycles. The Kier molecular flexibility index (Phi) is 0.762. The fourth-order valence-corrected chi connectivity index (χ4v) is 2.02. The standard InChI is InChI=1S/C7H13N/c1-7-4-2-3-6(7)5-8-7/h6,8H,2-5H2,1H3/t6-,7-/m1/s1. The van der Waals surface area contributed by atoms with Gasteiger partial charge >= 0.3 is 0 Å². The van der Waals surface area contributed by atoms with Crippen LogP contribution in [0.25, 0.3) is 0 Å². The lowest BCUT2D eigenvalue weighted by Crippen LogP contribution is -2.59. The maximum atomic E-state index is 3.48. The minimum absolute atomic E-state index is 0.583. The Morgan fingerprint density at radius 1 is 1.62 bits per heavy atom. The van der Waals surface area contributed by atoms with Gasteiger partial charge in [0, 0.05) is 12.1 Å². The second-order valence-electron chi connectivity index (χ2n) is 3.39. The number of rotatable bonds is 0. The Bertz CT molecular complexity index is 111. The maximum absolute atomic E-state index is 3.48. The molecule has 0 unspecified atom stereocenters. The van der Waals surface area contributed by atoms with Gasteiger partial charge in [-0.15, -0.1) is 0 Å². The molecule has 1 heteroatoms. The minimum atomic E-state index is 0.583. The summed E-state index contributed by atoms with van der Waals surface area (Å²) in [4.78, 5) is 0. The van der Waals surface area contributed by atoms with Gasteiger partial charge in [0.25, 0.3) is 0 Å². The van der Waals surface area contributed by atoms with E-state index in [9.17, 15) is 0 Å². The second kappa shape index (κ2) is 1.27. The third-order valence-electron chi connectivity index (χ3n) is 2.90. The molecule has 2 fully saturated rings. The summed E-state index contributed by atoms with van der Waals surface area (Å²) in [6.07, 6.45) is 4.34. The van der Waals surface area contributed by atoms with Gasteiger partial charge in [0.2, 0.25) is 0 Å². The topological polar surface area (TPSA) is 12.0 Å². The van der Waals surface area contributed by atoms with Gasteiger partial charge in [0.1, 0.15) is 0 Å². The van der Waals surface area contributed by atoms with Gasteiger partial charge in [0.05, 0.1) is 0 Å². The average Bonchev–Trinajstić information content (AvgIpc) is 1.94. The molecule has 1 aliphatic heterocycles. The summed E-state index contributed by atoms with van der Waals surface area (Å²) in [5.74, 6) is 1.03. The summed E-state index contributed by atoms with van der Waals surface area (Å²) in [5, 5.41) is 3.48. The van der Waals surface area contributed by atoms with Crippen molar-refractivity contribution in [3.05, 3.63) is 0 Å². The van der Waals surface area contributed by atoms with E-state index in [1.807, 2.05) is 0 Å². The number of nitrogens with one attached hydrogen (secondary N) is 1. The normalized spacial score (nSPS) is 52.9. The van der Waals surface area contributed by atoms with Gasteiger partial charge in [-0.25, -0.2) is 0 Å². The molecule has 2 rings (SSSR count). The fourth-order valence-electron chi connectivity index (χ4n) is 2.02. The van der Waals surface area contributed by atoms with E-state index in [1.165, 1.54) is 25.8 Å². The molecule has 0 aromatic rings. The van der Waals surface area contributed by atoms with Crippen LogP contribution >= 0.6 is 0 Å². The highest BCUT2D eigenvalue weighted by molar-refractivity contribution is 5.04. The number of hydrogen-bond donors (Lipinski definition) is 1. The molecule has 1 saturated carbocycles. The molecule has 1 aliphatic carbocycles. The van der Waals surface area contributed by atoms with E-state index >= 15 is 0 Å². The van der Waals surface area contributed by atoms with Gasteiger partial charge in [0.15, 0.2) is 0 Å². The van der Waals surface area contributed by atoms with Crippen LogP contribution in [0.5, 0.6) is 0 Å². The van der Waals surface area contributed by atoms with Gasteiger partial charge in [-0.05, 0) is 25.7 Å². The molecule has 0 radical (unpaired) electrons.